The highest BCUT2D eigenvalue weighted by Gasteiger charge is 2.25. The molecular formula is C26H28FN5O3. The van der Waals surface area contributed by atoms with Crippen LogP contribution >= 0.6 is 0 Å². The summed E-state index contributed by atoms with van der Waals surface area (Å²) in [5.74, 6) is 0.0772. The zero-order chi connectivity index (χ0) is 24.0. The molecule has 0 bridgehead atoms. The third kappa shape index (κ3) is 5.58. The number of halogens is 1. The van der Waals surface area contributed by atoms with Gasteiger partial charge in [-0.3, -0.25) is 9.69 Å². The molecule has 1 fully saturated rings. The summed E-state index contributed by atoms with van der Waals surface area (Å²) in [5, 5.41) is 2.95. The number of ether oxygens (including phenoxy) is 2. The molecule has 1 N–H and O–H groups in total. The van der Waals surface area contributed by atoms with Gasteiger partial charge in [-0.15, -0.1) is 0 Å². The van der Waals surface area contributed by atoms with Crippen LogP contribution in [0.5, 0.6) is 5.88 Å². The summed E-state index contributed by atoms with van der Waals surface area (Å²) in [6.07, 6.45) is 2.42. The Bertz CT molecular complexity index is 1170. The number of rotatable bonds is 8. The van der Waals surface area contributed by atoms with Crippen molar-refractivity contribution < 1.29 is 18.7 Å². The maximum Gasteiger partial charge on any atom is 0.258 e. The van der Waals surface area contributed by atoms with E-state index < -0.39 is 0 Å². The van der Waals surface area contributed by atoms with E-state index in [1.807, 2.05) is 23.1 Å². The molecule has 2 aliphatic heterocycles. The van der Waals surface area contributed by atoms with E-state index in [4.69, 9.17) is 9.47 Å². The minimum absolute atomic E-state index is 0.154. The first-order chi connectivity index (χ1) is 17.2. The van der Waals surface area contributed by atoms with Gasteiger partial charge < -0.3 is 19.7 Å². The van der Waals surface area contributed by atoms with Gasteiger partial charge in [0.05, 0.1) is 13.2 Å². The van der Waals surface area contributed by atoms with Crippen LogP contribution in [-0.2, 0) is 17.8 Å². The second-order valence-corrected chi connectivity index (χ2v) is 8.54. The first kappa shape index (κ1) is 23.2. The van der Waals surface area contributed by atoms with Gasteiger partial charge >= 0.3 is 0 Å². The van der Waals surface area contributed by atoms with Gasteiger partial charge in [-0.25, -0.2) is 9.37 Å². The van der Waals surface area contributed by atoms with Crippen LogP contribution in [-0.4, -0.2) is 66.7 Å². The van der Waals surface area contributed by atoms with Crippen molar-refractivity contribution in [2.24, 2.45) is 0 Å². The fraction of sp³-hybridized carbons (Fsp3) is 0.346. The summed E-state index contributed by atoms with van der Waals surface area (Å²) in [6, 6.07) is 14.2. The van der Waals surface area contributed by atoms with Crippen molar-refractivity contribution in [2.75, 3.05) is 50.8 Å². The number of hydrogen-bond acceptors (Lipinski definition) is 7. The Morgan fingerprint density at radius 1 is 1.09 bits per heavy atom. The van der Waals surface area contributed by atoms with Crippen molar-refractivity contribution in [3.63, 3.8) is 0 Å². The van der Waals surface area contributed by atoms with E-state index in [2.05, 4.69) is 26.3 Å². The Morgan fingerprint density at radius 2 is 1.89 bits per heavy atom. The lowest BCUT2D eigenvalue weighted by molar-refractivity contribution is 0.0383. The second-order valence-electron chi connectivity index (χ2n) is 8.54. The fourth-order valence-electron chi connectivity index (χ4n) is 4.28. The zero-order valence-corrected chi connectivity index (χ0v) is 19.5. The summed E-state index contributed by atoms with van der Waals surface area (Å²) < 4.78 is 24.6. The molecule has 8 nitrogen and oxygen atoms in total. The normalized spacial score (nSPS) is 15.6. The second kappa shape index (κ2) is 10.8. The molecule has 2 aliphatic rings. The van der Waals surface area contributed by atoms with Crippen LogP contribution in [0.3, 0.4) is 0 Å². The van der Waals surface area contributed by atoms with Gasteiger partial charge in [0.2, 0.25) is 11.8 Å². The highest BCUT2D eigenvalue weighted by atomic mass is 19.1. The molecule has 0 saturated carbocycles. The number of aromatic nitrogens is 2. The average Bonchev–Trinajstić information content (AvgIpc) is 3.33. The first-order valence-corrected chi connectivity index (χ1v) is 11.9. The SMILES string of the molecule is O=C(NCCN1CCOCC1)c1cnc(N2CCc3ccccc32)nc1OCc1ccc(F)cc1. The summed E-state index contributed by atoms with van der Waals surface area (Å²) in [6.45, 7) is 5.29. The molecule has 1 aromatic heterocycles. The molecule has 3 aromatic rings. The van der Waals surface area contributed by atoms with Crippen molar-refractivity contribution in [1.29, 1.82) is 0 Å². The number of benzene rings is 2. The molecule has 1 amide bonds. The van der Waals surface area contributed by atoms with Gasteiger partial charge in [-0.05, 0) is 35.7 Å². The Balaban J connectivity index is 1.33. The van der Waals surface area contributed by atoms with Crippen molar-refractivity contribution in [3.05, 3.63) is 77.2 Å². The van der Waals surface area contributed by atoms with Gasteiger partial charge in [-0.1, -0.05) is 30.3 Å². The molecule has 0 atom stereocenters. The predicted molar refractivity (Wildman–Crippen MR) is 130 cm³/mol. The Morgan fingerprint density at radius 3 is 2.71 bits per heavy atom. The Labute approximate surface area is 203 Å². The van der Waals surface area contributed by atoms with E-state index in [0.717, 1.165) is 43.9 Å². The molecule has 0 aliphatic carbocycles. The van der Waals surface area contributed by atoms with E-state index in [1.54, 1.807) is 12.1 Å². The maximum atomic E-state index is 13.3. The van der Waals surface area contributed by atoms with Gasteiger partial charge in [0.25, 0.3) is 5.91 Å². The van der Waals surface area contributed by atoms with Crippen LogP contribution in [0.15, 0.2) is 54.7 Å². The highest BCUT2D eigenvalue weighted by Crippen LogP contribution is 2.33. The number of fused-ring (bicyclic) bond motifs is 1. The number of morpholine rings is 1. The van der Waals surface area contributed by atoms with Crippen LogP contribution in [0.25, 0.3) is 0 Å². The van der Waals surface area contributed by atoms with Gasteiger partial charge in [-0.2, -0.15) is 4.98 Å². The van der Waals surface area contributed by atoms with Crippen molar-refractivity contribution in [2.45, 2.75) is 13.0 Å². The number of nitrogens with zero attached hydrogens (tertiary/aromatic N) is 4. The lowest BCUT2D eigenvalue weighted by Gasteiger charge is -2.26. The molecule has 35 heavy (non-hydrogen) atoms. The molecule has 2 aromatic carbocycles. The Kier molecular flexibility index (Phi) is 7.15. The number of anilines is 2. The number of hydrogen-bond donors (Lipinski definition) is 1. The van der Waals surface area contributed by atoms with E-state index in [-0.39, 0.29) is 29.8 Å². The summed E-state index contributed by atoms with van der Waals surface area (Å²) in [4.78, 5) is 26.4. The van der Waals surface area contributed by atoms with Crippen LogP contribution in [0.2, 0.25) is 0 Å². The lowest BCUT2D eigenvalue weighted by atomic mass is 10.2. The van der Waals surface area contributed by atoms with Crippen molar-refractivity contribution in [3.8, 4) is 5.88 Å². The number of amides is 1. The van der Waals surface area contributed by atoms with Crippen LogP contribution in [0.4, 0.5) is 16.0 Å². The topological polar surface area (TPSA) is 79.8 Å². The molecule has 0 radical (unpaired) electrons. The van der Waals surface area contributed by atoms with Crippen LogP contribution in [0.1, 0.15) is 21.5 Å². The maximum absolute atomic E-state index is 13.3. The number of carbonyl (C=O) groups excluding carboxylic acids is 1. The first-order valence-electron chi connectivity index (χ1n) is 11.9. The van der Waals surface area contributed by atoms with E-state index >= 15 is 0 Å². The minimum Gasteiger partial charge on any atom is -0.472 e. The van der Waals surface area contributed by atoms with Crippen LogP contribution in [0, 0.1) is 5.82 Å². The highest BCUT2D eigenvalue weighted by molar-refractivity contribution is 5.96. The number of para-hydroxylation sites is 1. The van der Waals surface area contributed by atoms with Gasteiger partial charge in [0.15, 0.2) is 0 Å². The molecule has 1 saturated heterocycles. The lowest BCUT2D eigenvalue weighted by Crippen LogP contribution is -2.41. The summed E-state index contributed by atoms with van der Waals surface area (Å²) >= 11 is 0. The summed E-state index contributed by atoms with van der Waals surface area (Å²) in [7, 11) is 0. The van der Waals surface area contributed by atoms with E-state index in [9.17, 15) is 9.18 Å². The molecule has 9 heteroatoms. The Hall–Kier alpha value is -3.56. The molecule has 182 valence electrons. The van der Waals surface area contributed by atoms with Crippen LogP contribution < -0.4 is 15.0 Å². The number of carbonyl (C=O) groups is 1. The van der Waals surface area contributed by atoms with E-state index in [0.29, 0.717) is 25.7 Å². The smallest absolute Gasteiger partial charge is 0.258 e. The van der Waals surface area contributed by atoms with Gasteiger partial charge in [0, 0.05) is 44.6 Å². The standard InChI is InChI=1S/C26H28FN5O3/c27-21-7-5-19(6-8-21)18-35-25-22(24(33)28-10-12-31-13-15-34-16-14-31)17-29-26(30-25)32-11-9-20-3-1-2-4-23(20)32/h1-8,17H,9-16,18H2,(H,28,33). The number of nitrogens with one attached hydrogen (secondary N) is 1. The molecule has 3 heterocycles. The zero-order valence-electron chi connectivity index (χ0n) is 19.5. The van der Waals surface area contributed by atoms with Crippen molar-refractivity contribution in [1.82, 2.24) is 20.2 Å². The predicted octanol–water partition coefficient (Wildman–Crippen LogP) is 2.95. The molecule has 0 unspecified atom stereocenters. The van der Waals surface area contributed by atoms with Crippen molar-refractivity contribution >= 4 is 17.5 Å². The quantitative estimate of drug-likeness (QED) is 0.534. The molecule has 5 rings (SSSR count). The largest absolute Gasteiger partial charge is 0.472 e. The third-order valence-corrected chi connectivity index (χ3v) is 6.22. The molecular weight excluding hydrogens is 449 g/mol. The monoisotopic (exact) mass is 477 g/mol. The fourth-order valence-corrected chi connectivity index (χ4v) is 4.28. The average molecular weight is 478 g/mol. The van der Waals surface area contributed by atoms with E-state index in [1.165, 1.54) is 23.9 Å². The third-order valence-electron chi connectivity index (χ3n) is 6.22. The van der Waals surface area contributed by atoms with Gasteiger partial charge in [0.1, 0.15) is 18.0 Å². The molecule has 0 spiro atoms. The minimum atomic E-state index is -0.314. The summed E-state index contributed by atoms with van der Waals surface area (Å²) in [5.41, 5.74) is 3.33.